The highest BCUT2D eigenvalue weighted by molar-refractivity contribution is 5.36. The molecule has 0 spiro atoms. The summed E-state index contributed by atoms with van der Waals surface area (Å²) >= 11 is 0. The number of benzene rings is 1. The van der Waals surface area contributed by atoms with Crippen molar-refractivity contribution in [2.45, 2.75) is 12.0 Å². The standard InChI is InChI=1S/C18H16N2O/c21-18(16-5-2-1-3-6-16,17-7-4-10-20-14-17)13-15-8-11-19-12-9-15/h1-12,14,21H,13H2/t18-/m1/s1. The molecule has 3 rings (SSSR count). The van der Waals surface area contributed by atoms with Crippen molar-refractivity contribution in [3.63, 3.8) is 0 Å². The van der Waals surface area contributed by atoms with Gasteiger partial charge in [0.1, 0.15) is 5.60 Å². The molecule has 2 aromatic heterocycles. The number of aliphatic hydroxyl groups is 1. The van der Waals surface area contributed by atoms with Crippen LogP contribution in [-0.2, 0) is 12.0 Å². The van der Waals surface area contributed by atoms with E-state index in [1.54, 1.807) is 24.8 Å². The van der Waals surface area contributed by atoms with Crippen LogP contribution in [0.2, 0.25) is 0 Å². The molecule has 104 valence electrons. The number of hydrogen-bond donors (Lipinski definition) is 1. The zero-order valence-corrected chi connectivity index (χ0v) is 11.6. The monoisotopic (exact) mass is 276 g/mol. The first-order chi connectivity index (χ1) is 10.3. The van der Waals surface area contributed by atoms with Gasteiger partial charge >= 0.3 is 0 Å². The molecule has 3 aromatic rings. The predicted molar refractivity (Wildman–Crippen MR) is 81.6 cm³/mol. The quantitative estimate of drug-likeness (QED) is 0.797. The molecule has 0 amide bonds. The van der Waals surface area contributed by atoms with Crippen LogP contribution in [0.25, 0.3) is 0 Å². The van der Waals surface area contributed by atoms with E-state index in [1.807, 2.05) is 54.6 Å². The highest BCUT2D eigenvalue weighted by atomic mass is 16.3. The zero-order chi connectivity index (χ0) is 14.5. The van der Waals surface area contributed by atoms with Gasteiger partial charge in [0, 0.05) is 36.8 Å². The molecule has 1 aromatic carbocycles. The number of hydrogen-bond acceptors (Lipinski definition) is 3. The molecule has 0 bridgehead atoms. The number of aromatic nitrogens is 2. The summed E-state index contributed by atoms with van der Waals surface area (Å²) < 4.78 is 0. The van der Waals surface area contributed by atoms with E-state index < -0.39 is 5.60 Å². The van der Waals surface area contributed by atoms with Crippen LogP contribution in [0.3, 0.4) is 0 Å². The third kappa shape index (κ3) is 2.83. The molecule has 1 N–H and O–H groups in total. The lowest BCUT2D eigenvalue weighted by Crippen LogP contribution is -2.30. The summed E-state index contributed by atoms with van der Waals surface area (Å²) in [5.41, 5.74) is 1.57. The Hall–Kier alpha value is -2.52. The minimum absolute atomic E-state index is 0.477. The van der Waals surface area contributed by atoms with Gasteiger partial charge in [0.2, 0.25) is 0 Å². The predicted octanol–water partition coefficient (Wildman–Crippen LogP) is 2.96. The molecule has 0 aliphatic heterocycles. The van der Waals surface area contributed by atoms with Crippen LogP contribution in [0.1, 0.15) is 16.7 Å². The van der Waals surface area contributed by atoms with E-state index in [1.165, 1.54) is 0 Å². The van der Waals surface area contributed by atoms with Crippen molar-refractivity contribution in [2.24, 2.45) is 0 Å². The van der Waals surface area contributed by atoms with Gasteiger partial charge in [-0.2, -0.15) is 0 Å². The highest BCUT2D eigenvalue weighted by Gasteiger charge is 2.31. The van der Waals surface area contributed by atoms with E-state index in [-0.39, 0.29) is 0 Å². The van der Waals surface area contributed by atoms with Gasteiger partial charge in [0.05, 0.1) is 0 Å². The second kappa shape index (κ2) is 5.85. The minimum Gasteiger partial charge on any atom is -0.380 e. The average molecular weight is 276 g/mol. The Morgan fingerprint density at radius 1 is 0.762 bits per heavy atom. The van der Waals surface area contributed by atoms with Gasteiger partial charge in [-0.05, 0) is 29.3 Å². The SMILES string of the molecule is O[C@](Cc1ccncc1)(c1ccccc1)c1cccnc1. The Balaban J connectivity index is 2.07. The van der Waals surface area contributed by atoms with E-state index in [0.29, 0.717) is 6.42 Å². The van der Waals surface area contributed by atoms with Crippen molar-refractivity contribution in [2.75, 3.05) is 0 Å². The molecular weight excluding hydrogens is 260 g/mol. The molecule has 2 heterocycles. The zero-order valence-electron chi connectivity index (χ0n) is 11.6. The van der Waals surface area contributed by atoms with Crippen LogP contribution < -0.4 is 0 Å². The van der Waals surface area contributed by atoms with E-state index in [0.717, 1.165) is 16.7 Å². The number of nitrogens with zero attached hydrogens (tertiary/aromatic N) is 2. The summed E-state index contributed by atoms with van der Waals surface area (Å²) in [5, 5.41) is 11.3. The van der Waals surface area contributed by atoms with Crippen LogP contribution in [0, 0.1) is 0 Å². The molecule has 0 saturated heterocycles. The Labute approximate surface area is 124 Å². The fourth-order valence-corrected chi connectivity index (χ4v) is 2.49. The first-order valence-corrected chi connectivity index (χ1v) is 6.86. The second-order valence-corrected chi connectivity index (χ2v) is 5.00. The molecule has 3 heteroatoms. The lowest BCUT2D eigenvalue weighted by atomic mass is 9.82. The first kappa shape index (κ1) is 13.5. The third-order valence-electron chi connectivity index (χ3n) is 3.60. The summed E-state index contributed by atoms with van der Waals surface area (Å²) in [4.78, 5) is 8.17. The number of rotatable bonds is 4. The topological polar surface area (TPSA) is 46.0 Å². The van der Waals surface area contributed by atoms with Crippen LogP contribution in [0.5, 0.6) is 0 Å². The molecule has 1 atom stereocenters. The summed E-state index contributed by atoms with van der Waals surface area (Å²) in [6.07, 6.45) is 7.38. The van der Waals surface area contributed by atoms with Crippen LogP contribution in [0.4, 0.5) is 0 Å². The van der Waals surface area contributed by atoms with Gasteiger partial charge < -0.3 is 5.11 Å². The van der Waals surface area contributed by atoms with Gasteiger partial charge in [0.15, 0.2) is 0 Å². The van der Waals surface area contributed by atoms with Gasteiger partial charge in [-0.3, -0.25) is 9.97 Å². The van der Waals surface area contributed by atoms with E-state index >= 15 is 0 Å². The fraction of sp³-hybridized carbons (Fsp3) is 0.111. The molecular formula is C18H16N2O. The molecule has 0 saturated carbocycles. The van der Waals surface area contributed by atoms with Gasteiger partial charge in [-0.25, -0.2) is 0 Å². The van der Waals surface area contributed by atoms with Crippen molar-refractivity contribution < 1.29 is 5.11 Å². The van der Waals surface area contributed by atoms with Crippen LogP contribution >= 0.6 is 0 Å². The van der Waals surface area contributed by atoms with Crippen molar-refractivity contribution in [1.29, 1.82) is 0 Å². The van der Waals surface area contributed by atoms with E-state index in [2.05, 4.69) is 9.97 Å². The second-order valence-electron chi connectivity index (χ2n) is 5.00. The minimum atomic E-state index is -1.10. The maximum Gasteiger partial charge on any atom is 0.120 e. The highest BCUT2D eigenvalue weighted by Crippen LogP contribution is 2.32. The molecule has 0 fully saturated rings. The summed E-state index contributed by atoms with van der Waals surface area (Å²) in [6.45, 7) is 0. The van der Waals surface area contributed by atoms with Crippen molar-refractivity contribution in [3.05, 3.63) is 96.1 Å². The van der Waals surface area contributed by atoms with Gasteiger partial charge in [0.25, 0.3) is 0 Å². The third-order valence-corrected chi connectivity index (χ3v) is 3.60. The largest absolute Gasteiger partial charge is 0.380 e. The van der Waals surface area contributed by atoms with Gasteiger partial charge in [-0.1, -0.05) is 36.4 Å². The van der Waals surface area contributed by atoms with Crippen LogP contribution in [-0.4, -0.2) is 15.1 Å². The van der Waals surface area contributed by atoms with E-state index in [4.69, 9.17) is 0 Å². The van der Waals surface area contributed by atoms with Crippen molar-refractivity contribution >= 4 is 0 Å². The Morgan fingerprint density at radius 3 is 2.14 bits per heavy atom. The first-order valence-electron chi connectivity index (χ1n) is 6.86. The molecule has 21 heavy (non-hydrogen) atoms. The summed E-state index contributed by atoms with van der Waals surface area (Å²) in [7, 11) is 0. The van der Waals surface area contributed by atoms with Gasteiger partial charge in [-0.15, -0.1) is 0 Å². The summed E-state index contributed by atoms with van der Waals surface area (Å²) in [5.74, 6) is 0. The summed E-state index contributed by atoms with van der Waals surface area (Å²) in [6, 6.07) is 17.3. The molecule has 0 radical (unpaired) electrons. The average Bonchev–Trinajstić information content (AvgIpc) is 2.57. The molecule has 0 aliphatic carbocycles. The molecule has 3 nitrogen and oxygen atoms in total. The Bertz CT molecular complexity index is 645. The smallest absolute Gasteiger partial charge is 0.120 e. The Morgan fingerprint density at radius 2 is 1.48 bits per heavy atom. The molecule has 0 aliphatic rings. The fourth-order valence-electron chi connectivity index (χ4n) is 2.49. The number of pyridine rings is 2. The lowest BCUT2D eigenvalue weighted by Gasteiger charge is -2.29. The van der Waals surface area contributed by atoms with Crippen LogP contribution in [0.15, 0.2) is 79.4 Å². The van der Waals surface area contributed by atoms with E-state index in [9.17, 15) is 5.11 Å². The lowest BCUT2D eigenvalue weighted by molar-refractivity contribution is 0.0807. The van der Waals surface area contributed by atoms with Crippen molar-refractivity contribution in [1.82, 2.24) is 9.97 Å². The normalized spacial score (nSPS) is 13.6. The van der Waals surface area contributed by atoms with Crippen molar-refractivity contribution in [3.8, 4) is 0 Å². The maximum absolute atomic E-state index is 11.3. The maximum atomic E-state index is 11.3. The Kier molecular flexibility index (Phi) is 3.75. The molecule has 0 unspecified atom stereocenters.